The van der Waals surface area contributed by atoms with Gasteiger partial charge in [-0.15, -0.1) is 0 Å². The molecular weight excluding hydrogens is 184 g/mol. The summed E-state index contributed by atoms with van der Waals surface area (Å²) in [7, 11) is 0. The van der Waals surface area contributed by atoms with E-state index in [2.05, 4.69) is 34.6 Å². The van der Waals surface area contributed by atoms with Gasteiger partial charge in [0.2, 0.25) is 0 Å². The van der Waals surface area contributed by atoms with Crippen molar-refractivity contribution in [2.75, 3.05) is 5.32 Å². The van der Waals surface area contributed by atoms with Crippen molar-refractivity contribution in [3.63, 3.8) is 0 Å². The first kappa shape index (κ1) is 8.72. The van der Waals surface area contributed by atoms with Gasteiger partial charge in [-0.05, 0) is 37.5 Å². The molecule has 1 aromatic heterocycles. The fourth-order valence-electron chi connectivity index (χ4n) is 1.91. The molecule has 2 heteroatoms. The molecule has 76 valence electrons. The lowest BCUT2D eigenvalue weighted by Gasteiger charge is -2.26. The van der Waals surface area contributed by atoms with E-state index in [1.54, 1.807) is 0 Å². The van der Waals surface area contributed by atoms with E-state index in [1.165, 1.54) is 24.6 Å². The number of para-hydroxylation sites is 1. The summed E-state index contributed by atoms with van der Waals surface area (Å²) in [6.45, 7) is 0. The number of hydrogen-bond acceptors (Lipinski definition) is 2. The van der Waals surface area contributed by atoms with E-state index >= 15 is 0 Å². The van der Waals surface area contributed by atoms with Crippen LogP contribution in [-0.4, -0.2) is 11.0 Å². The van der Waals surface area contributed by atoms with Crippen LogP contribution in [0, 0.1) is 0 Å². The lowest BCUT2D eigenvalue weighted by molar-refractivity contribution is 0.444. The molecule has 1 fully saturated rings. The van der Waals surface area contributed by atoms with Crippen molar-refractivity contribution in [1.82, 2.24) is 4.98 Å². The van der Waals surface area contributed by atoms with Crippen LogP contribution in [-0.2, 0) is 0 Å². The van der Waals surface area contributed by atoms with Gasteiger partial charge in [-0.2, -0.15) is 0 Å². The summed E-state index contributed by atoms with van der Waals surface area (Å²) in [4.78, 5) is 4.59. The summed E-state index contributed by atoms with van der Waals surface area (Å²) in [6, 6.07) is 13.1. The molecule has 1 saturated carbocycles. The van der Waals surface area contributed by atoms with Gasteiger partial charge in [-0.25, -0.2) is 4.98 Å². The molecular formula is C13H14N2. The molecule has 0 radical (unpaired) electrons. The maximum Gasteiger partial charge on any atom is 0.126 e. The standard InChI is InChI=1S/C13H14N2/c1-2-7-12-10(4-1)8-9-13(15-12)14-11-5-3-6-11/h1-2,4,7-9,11H,3,5-6H2,(H,14,15). The third-order valence-electron chi connectivity index (χ3n) is 3.06. The second-order valence-corrected chi connectivity index (χ2v) is 4.16. The Hall–Kier alpha value is -1.57. The van der Waals surface area contributed by atoms with Gasteiger partial charge >= 0.3 is 0 Å². The van der Waals surface area contributed by atoms with E-state index < -0.39 is 0 Å². The molecule has 1 aliphatic rings. The van der Waals surface area contributed by atoms with Gasteiger partial charge in [0.15, 0.2) is 0 Å². The van der Waals surface area contributed by atoms with Gasteiger partial charge in [0.25, 0.3) is 0 Å². The quantitative estimate of drug-likeness (QED) is 0.801. The average Bonchev–Trinajstić information content (AvgIpc) is 2.23. The first-order valence-electron chi connectivity index (χ1n) is 5.54. The lowest BCUT2D eigenvalue weighted by Crippen LogP contribution is -2.27. The zero-order valence-electron chi connectivity index (χ0n) is 8.61. The normalized spacial score (nSPS) is 16.3. The SMILES string of the molecule is c1ccc2nc(NC3CCC3)ccc2c1. The summed E-state index contributed by atoms with van der Waals surface area (Å²) in [5.41, 5.74) is 1.07. The van der Waals surface area contributed by atoms with Crippen LogP contribution in [0.5, 0.6) is 0 Å². The molecule has 1 aliphatic carbocycles. The van der Waals surface area contributed by atoms with Crippen LogP contribution >= 0.6 is 0 Å². The smallest absolute Gasteiger partial charge is 0.126 e. The minimum Gasteiger partial charge on any atom is -0.367 e. The number of hydrogen-bond donors (Lipinski definition) is 1. The maximum atomic E-state index is 4.59. The summed E-state index contributed by atoms with van der Waals surface area (Å²) in [5, 5.41) is 4.66. The fourth-order valence-corrected chi connectivity index (χ4v) is 1.91. The zero-order valence-corrected chi connectivity index (χ0v) is 8.61. The highest BCUT2D eigenvalue weighted by atomic mass is 15.0. The highest BCUT2D eigenvalue weighted by Gasteiger charge is 2.17. The second-order valence-electron chi connectivity index (χ2n) is 4.16. The van der Waals surface area contributed by atoms with Gasteiger partial charge in [0, 0.05) is 11.4 Å². The molecule has 15 heavy (non-hydrogen) atoms. The topological polar surface area (TPSA) is 24.9 Å². The number of benzene rings is 1. The minimum atomic E-state index is 0.652. The number of rotatable bonds is 2. The van der Waals surface area contributed by atoms with Gasteiger partial charge in [-0.1, -0.05) is 18.2 Å². The Morgan fingerprint density at radius 2 is 1.93 bits per heavy atom. The summed E-state index contributed by atoms with van der Waals surface area (Å²) >= 11 is 0. The molecule has 3 rings (SSSR count). The van der Waals surface area contributed by atoms with Crippen LogP contribution in [0.2, 0.25) is 0 Å². The van der Waals surface area contributed by atoms with Gasteiger partial charge in [-0.3, -0.25) is 0 Å². The monoisotopic (exact) mass is 198 g/mol. The third kappa shape index (κ3) is 1.67. The van der Waals surface area contributed by atoms with Crippen molar-refractivity contribution in [2.24, 2.45) is 0 Å². The van der Waals surface area contributed by atoms with Crippen molar-refractivity contribution in [3.8, 4) is 0 Å². The fraction of sp³-hybridized carbons (Fsp3) is 0.308. The number of nitrogens with zero attached hydrogens (tertiary/aromatic N) is 1. The Bertz CT molecular complexity index is 475. The largest absolute Gasteiger partial charge is 0.367 e. The molecule has 1 N–H and O–H groups in total. The highest BCUT2D eigenvalue weighted by molar-refractivity contribution is 5.80. The Labute approximate surface area is 89.3 Å². The van der Waals surface area contributed by atoms with E-state index in [0.717, 1.165) is 11.3 Å². The van der Waals surface area contributed by atoms with Crippen molar-refractivity contribution >= 4 is 16.7 Å². The molecule has 0 unspecified atom stereocenters. The molecule has 2 nitrogen and oxygen atoms in total. The Balaban J connectivity index is 1.91. The van der Waals surface area contributed by atoms with Gasteiger partial charge < -0.3 is 5.32 Å². The molecule has 0 atom stereocenters. The highest BCUT2D eigenvalue weighted by Crippen LogP contribution is 2.23. The number of aromatic nitrogens is 1. The van der Waals surface area contributed by atoms with Crippen LogP contribution < -0.4 is 5.32 Å². The maximum absolute atomic E-state index is 4.59. The van der Waals surface area contributed by atoms with Crippen LogP contribution in [0.3, 0.4) is 0 Å². The predicted molar refractivity (Wildman–Crippen MR) is 63.0 cm³/mol. The van der Waals surface area contributed by atoms with Crippen molar-refractivity contribution < 1.29 is 0 Å². The van der Waals surface area contributed by atoms with Crippen LogP contribution in [0.15, 0.2) is 36.4 Å². The lowest BCUT2D eigenvalue weighted by atomic mass is 9.93. The molecule has 2 aromatic rings. The molecule has 1 heterocycles. The van der Waals surface area contributed by atoms with Gasteiger partial charge in [0.1, 0.15) is 5.82 Å². The van der Waals surface area contributed by atoms with Crippen molar-refractivity contribution in [3.05, 3.63) is 36.4 Å². The summed E-state index contributed by atoms with van der Waals surface area (Å²) in [6.07, 6.45) is 3.92. The van der Waals surface area contributed by atoms with Crippen LogP contribution in [0.4, 0.5) is 5.82 Å². The molecule has 1 aromatic carbocycles. The molecule has 0 saturated heterocycles. The van der Waals surface area contributed by atoms with Crippen molar-refractivity contribution in [1.29, 1.82) is 0 Å². The first-order chi connectivity index (χ1) is 7.42. The Morgan fingerprint density at radius 1 is 1.07 bits per heavy atom. The average molecular weight is 198 g/mol. The minimum absolute atomic E-state index is 0.652. The number of anilines is 1. The van der Waals surface area contributed by atoms with Crippen LogP contribution in [0.1, 0.15) is 19.3 Å². The summed E-state index contributed by atoms with van der Waals surface area (Å²) < 4.78 is 0. The Morgan fingerprint density at radius 3 is 2.73 bits per heavy atom. The predicted octanol–water partition coefficient (Wildman–Crippen LogP) is 3.20. The van der Waals surface area contributed by atoms with E-state index in [1.807, 2.05) is 12.1 Å². The molecule has 0 spiro atoms. The zero-order chi connectivity index (χ0) is 10.1. The second kappa shape index (κ2) is 3.54. The summed E-state index contributed by atoms with van der Waals surface area (Å²) in [5.74, 6) is 1.01. The Kier molecular flexibility index (Phi) is 2.05. The molecule has 0 amide bonds. The third-order valence-corrected chi connectivity index (χ3v) is 3.06. The molecule has 0 aliphatic heterocycles. The van der Waals surface area contributed by atoms with Gasteiger partial charge in [0.05, 0.1) is 5.52 Å². The number of nitrogens with one attached hydrogen (secondary N) is 1. The number of pyridine rings is 1. The number of fused-ring (bicyclic) bond motifs is 1. The van der Waals surface area contributed by atoms with E-state index in [4.69, 9.17) is 0 Å². The van der Waals surface area contributed by atoms with E-state index in [-0.39, 0.29) is 0 Å². The van der Waals surface area contributed by atoms with Crippen molar-refractivity contribution in [2.45, 2.75) is 25.3 Å². The molecule has 0 bridgehead atoms. The van der Waals surface area contributed by atoms with Crippen LogP contribution in [0.25, 0.3) is 10.9 Å². The first-order valence-corrected chi connectivity index (χ1v) is 5.54. The van der Waals surface area contributed by atoms with E-state index in [0.29, 0.717) is 6.04 Å². The van der Waals surface area contributed by atoms with E-state index in [9.17, 15) is 0 Å².